The maximum Gasteiger partial charge on any atom is 0.472 e. The minimum absolute atomic E-state index is 0.0526. The van der Waals surface area contributed by atoms with E-state index in [1.807, 2.05) is 27.2 Å². The minimum atomic E-state index is -4.36. The van der Waals surface area contributed by atoms with Crippen molar-refractivity contribution >= 4 is 13.7 Å². The fraction of sp³-hybridized carbons (Fsp3) is 0.780. The van der Waals surface area contributed by atoms with Crippen LogP contribution in [0, 0.1) is 0 Å². The molecule has 396 valence electrons. The van der Waals surface area contributed by atoms with Gasteiger partial charge in [-0.2, -0.15) is 0 Å². The van der Waals surface area contributed by atoms with Gasteiger partial charge in [-0.25, -0.2) is 4.57 Å². The zero-order chi connectivity index (χ0) is 49.9. The summed E-state index contributed by atoms with van der Waals surface area (Å²) in [4.78, 5) is 23.3. The van der Waals surface area contributed by atoms with Crippen LogP contribution >= 0.6 is 7.82 Å². The molecule has 0 aliphatic rings. The number of phosphoric ester groups is 1. The lowest BCUT2D eigenvalue weighted by Gasteiger charge is -2.25. The summed E-state index contributed by atoms with van der Waals surface area (Å²) in [6.07, 6.45) is 68.6. The Morgan fingerprint density at radius 2 is 0.897 bits per heavy atom. The molecule has 0 radical (unpaired) electrons. The molecule has 0 aliphatic carbocycles. The molecule has 0 spiro atoms. The van der Waals surface area contributed by atoms with Gasteiger partial charge in [-0.1, -0.05) is 241 Å². The molecule has 3 N–H and O–H groups in total. The first kappa shape index (κ1) is 65.9. The number of aliphatic hydroxyl groups excluding tert-OH is 1. The van der Waals surface area contributed by atoms with Crippen molar-refractivity contribution in [2.24, 2.45) is 0 Å². The van der Waals surface area contributed by atoms with Gasteiger partial charge in [-0.3, -0.25) is 13.8 Å². The molecule has 0 rings (SSSR count). The Bertz CT molecular complexity index is 1330. The third kappa shape index (κ3) is 51.8. The smallest absolute Gasteiger partial charge is 0.387 e. The highest BCUT2D eigenvalue weighted by molar-refractivity contribution is 7.47. The van der Waals surface area contributed by atoms with E-state index in [-0.39, 0.29) is 19.1 Å². The van der Waals surface area contributed by atoms with Crippen molar-refractivity contribution < 1.29 is 32.9 Å². The summed E-state index contributed by atoms with van der Waals surface area (Å²) in [5.74, 6) is -0.192. The van der Waals surface area contributed by atoms with Crippen molar-refractivity contribution in [2.75, 3.05) is 40.9 Å². The molecule has 0 bridgehead atoms. The molecule has 9 heteroatoms. The van der Waals surface area contributed by atoms with Crippen LogP contribution in [-0.4, -0.2) is 73.4 Å². The van der Waals surface area contributed by atoms with Crippen LogP contribution in [0.4, 0.5) is 0 Å². The van der Waals surface area contributed by atoms with E-state index < -0.39 is 20.0 Å². The number of quaternary nitrogens is 1. The highest BCUT2D eigenvalue weighted by Gasteiger charge is 2.27. The number of hydrogen-bond donors (Lipinski definition) is 3. The number of nitrogens with zero attached hydrogens (tertiary/aromatic N) is 1. The van der Waals surface area contributed by atoms with Crippen LogP contribution in [0.1, 0.15) is 245 Å². The summed E-state index contributed by atoms with van der Waals surface area (Å²) >= 11 is 0. The van der Waals surface area contributed by atoms with Crippen LogP contribution in [0.3, 0.4) is 0 Å². The quantitative estimate of drug-likeness (QED) is 0.0243. The number of rotatable bonds is 51. The van der Waals surface area contributed by atoms with Crippen LogP contribution in [0.5, 0.6) is 0 Å². The van der Waals surface area contributed by atoms with Crippen LogP contribution in [0.2, 0.25) is 0 Å². The highest BCUT2D eigenvalue weighted by atomic mass is 31.2. The van der Waals surface area contributed by atoms with Gasteiger partial charge in [0.2, 0.25) is 5.91 Å². The normalized spacial score (nSPS) is 14.5. The molecule has 0 aromatic rings. The molecule has 0 aliphatic heterocycles. The van der Waals surface area contributed by atoms with Crippen LogP contribution in [0.15, 0.2) is 72.9 Å². The average molecular weight is 975 g/mol. The van der Waals surface area contributed by atoms with Crippen LogP contribution < -0.4 is 5.32 Å². The maximum atomic E-state index is 13.0. The molecule has 3 unspecified atom stereocenters. The molecule has 0 fully saturated rings. The lowest BCUT2D eigenvalue weighted by atomic mass is 10.0. The molecule has 0 aromatic carbocycles. The fourth-order valence-electron chi connectivity index (χ4n) is 7.99. The number of nitrogens with one attached hydrogen (secondary N) is 1. The molecule has 68 heavy (non-hydrogen) atoms. The van der Waals surface area contributed by atoms with Gasteiger partial charge >= 0.3 is 7.82 Å². The Morgan fingerprint density at radius 3 is 1.35 bits per heavy atom. The SMILES string of the molecule is CC/C=C\C/C=C\C/C=C\C/C=C\CCCCCCCCCCCCC(=O)NC(COP(=O)(O)OCC[N+](C)(C)C)C(O)/C=C/CC/C=C/CCCCCCCCCCCCCCCCCCC. The van der Waals surface area contributed by atoms with Crippen molar-refractivity contribution in [1.82, 2.24) is 5.32 Å². The number of unbranched alkanes of at least 4 members (excludes halogenated alkanes) is 28. The molecule has 1 amide bonds. The van der Waals surface area contributed by atoms with Gasteiger partial charge in [0.1, 0.15) is 13.2 Å². The summed E-state index contributed by atoms with van der Waals surface area (Å²) in [6.45, 7) is 4.69. The van der Waals surface area contributed by atoms with Gasteiger partial charge in [0.25, 0.3) is 0 Å². The Kier molecular flexibility index (Phi) is 48.4. The van der Waals surface area contributed by atoms with Gasteiger partial charge in [-0.05, 0) is 70.6 Å². The molecule has 0 aromatic heterocycles. The largest absolute Gasteiger partial charge is 0.472 e. The van der Waals surface area contributed by atoms with E-state index in [4.69, 9.17) is 9.05 Å². The van der Waals surface area contributed by atoms with E-state index in [0.29, 0.717) is 17.4 Å². The molecular formula is C59H110N2O6P+. The second-order valence-corrected chi connectivity index (χ2v) is 21.7. The Hall–Kier alpha value is -2.06. The lowest BCUT2D eigenvalue weighted by Crippen LogP contribution is -2.45. The summed E-state index contributed by atoms with van der Waals surface area (Å²) in [7, 11) is 1.55. The summed E-state index contributed by atoms with van der Waals surface area (Å²) in [6, 6.07) is -0.870. The monoisotopic (exact) mass is 974 g/mol. The van der Waals surface area contributed by atoms with Gasteiger partial charge in [0.15, 0.2) is 0 Å². The zero-order valence-corrected chi connectivity index (χ0v) is 46.0. The second-order valence-electron chi connectivity index (χ2n) is 20.3. The number of amides is 1. The lowest BCUT2D eigenvalue weighted by molar-refractivity contribution is -0.870. The van der Waals surface area contributed by atoms with Crippen molar-refractivity contribution in [2.45, 2.75) is 257 Å². The van der Waals surface area contributed by atoms with Gasteiger partial charge in [0.05, 0.1) is 39.9 Å². The molecule has 0 heterocycles. The molecule has 3 atom stereocenters. The third-order valence-electron chi connectivity index (χ3n) is 12.4. The molecule has 0 saturated heterocycles. The van der Waals surface area contributed by atoms with Crippen molar-refractivity contribution in [3.05, 3.63) is 72.9 Å². The third-order valence-corrected chi connectivity index (χ3v) is 13.4. The van der Waals surface area contributed by atoms with Gasteiger partial charge in [-0.15, -0.1) is 0 Å². The Morgan fingerprint density at radius 1 is 0.515 bits per heavy atom. The van der Waals surface area contributed by atoms with Crippen molar-refractivity contribution in [1.29, 1.82) is 0 Å². The van der Waals surface area contributed by atoms with Crippen molar-refractivity contribution in [3.8, 4) is 0 Å². The average Bonchev–Trinajstić information content (AvgIpc) is 3.30. The predicted molar refractivity (Wildman–Crippen MR) is 295 cm³/mol. The summed E-state index contributed by atoms with van der Waals surface area (Å²) in [5, 5.41) is 13.9. The maximum absolute atomic E-state index is 13.0. The highest BCUT2D eigenvalue weighted by Crippen LogP contribution is 2.43. The first-order chi connectivity index (χ1) is 33.0. The number of phosphoric acid groups is 1. The second kappa shape index (κ2) is 49.9. The van der Waals surface area contributed by atoms with E-state index in [1.165, 1.54) is 161 Å². The Labute approximate surface area is 421 Å². The van der Waals surface area contributed by atoms with Crippen LogP contribution in [-0.2, 0) is 18.4 Å². The molecule has 8 nitrogen and oxygen atoms in total. The number of carbonyl (C=O) groups is 1. The van der Waals surface area contributed by atoms with Crippen LogP contribution in [0.25, 0.3) is 0 Å². The first-order valence-electron chi connectivity index (χ1n) is 28.3. The minimum Gasteiger partial charge on any atom is -0.387 e. The molecular weight excluding hydrogens is 864 g/mol. The van der Waals surface area contributed by atoms with Gasteiger partial charge < -0.3 is 19.8 Å². The zero-order valence-electron chi connectivity index (χ0n) is 45.1. The number of likely N-dealkylation sites (N-methyl/N-ethyl adjacent to an activating group) is 1. The number of aliphatic hydroxyl groups is 1. The summed E-state index contributed by atoms with van der Waals surface area (Å²) < 4.78 is 23.7. The van der Waals surface area contributed by atoms with E-state index in [0.717, 1.165) is 64.2 Å². The van der Waals surface area contributed by atoms with E-state index in [9.17, 15) is 19.4 Å². The standard InChI is InChI=1S/C59H109N2O6P/c1-6-8-10-12-14-16-18-20-22-24-26-28-30-32-34-36-38-40-42-44-46-48-50-52-58(62)57(56-67-68(64,65)66-55-54-61(3,4)5)60-59(63)53-51-49-47-45-43-41-39-37-35-33-31-29-27-25-23-21-19-17-15-13-11-9-7-2/h9,11,15,17,21,23,27,29,42,44,50,52,57-58,62H,6-8,10,12-14,16,18-20,22,24-26,28,30-41,43,45-49,51,53-56H2,1-5H3,(H-,60,63,64,65)/p+1/b11-9-,17-15-,23-21-,29-27-,44-42+,52-50+. The fourth-order valence-corrected chi connectivity index (χ4v) is 8.73. The van der Waals surface area contributed by atoms with E-state index >= 15 is 0 Å². The van der Waals surface area contributed by atoms with Crippen molar-refractivity contribution in [3.63, 3.8) is 0 Å². The topological polar surface area (TPSA) is 105 Å². The van der Waals surface area contributed by atoms with E-state index in [2.05, 4.69) is 79.9 Å². The summed E-state index contributed by atoms with van der Waals surface area (Å²) in [5.41, 5.74) is 0. The number of allylic oxidation sites excluding steroid dienone is 11. The molecule has 0 saturated carbocycles. The van der Waals surface area contributed by atoms with E-state index in [1.54, 1.807) is 6.08 Å². The number of carbonyl (C=O) groups excluding carboxylic acids is 1. The van der Waals surface area contributed by atoms with Gasteiger partial charge in [0, 0.05) is 6.42 Å². The first-order valence-corrected chi connectivity index (χ1v) is 29.8. The predicted octanol–water partition coefficient (Wildman–Crippen LogP) is 17.1. The Balaban J connectivity index is 4.29. The number of hydrogen-bond acceptors (Lipinski definition) is 5.